The summed E-state index contributed by atoms with van der Waals surface area (Å²) in [5.74, 6) is -0.653. The highest BCUT2D eigenvalue weighted by molar-refractivity contribution is 9.10. The molecule has 6 nitrogen and oxygen atoms in total. The minimum atomic E-state index is -3.54. The number of nitrogens with one attached hydrogen (secondary N) is 1. The van der Waals surface area contributed by atoms with Crippen LogP contribution in [0.5, 0.6) is 5.75 Å². The van der Waals surface area contributed by atoms with Crippen LogP contribution >= 0.6 is 15.9 Å². The van der Waals surface area contributed by atoms with E-state index in [2.05, 4.69) is 20.7 Å². The van der Waals surface area contributed by atoms with Crippen molar-refractivity contribution in [2.24, 2.45) is 0 Å². The van der Waals surface area contributed by atoms with Crippen molar-refractivity contribution in [3.63, 3.8) is 0 Å². The summed E-state index contributed by atoms with van der Waals surface area (Å²) in [6.07, 6.45) is -0.102. The van der Waals surface area contributed by atoms with Gasteiger partial charge in [0.05, 0.1) is 17.3 Å². The Kier molecular flexibility index (Phi) is 5.61. The van der Waals surface area contributed by atoms with Crippen molar-refractivity contribution in [1.29, 1.82) is 0 Å². The van der Waals surface area contributed by atoms with Gasteiger partial charge in [0.15, 0.2) is 0 Å². The number of benzene rings is 1. The summed E-state index contributed by atoms with van der Waals surface area (Å²) in [7, 11) is -2.03. The molecule has 106 valence electrons. The van der Waals surface area contributed by atoms with Gasteiger partial charge in [-0.3, -0.25) is 9.52 Å². The van der Waals surface area contributed by atoms with Gasteiger partial charge in [-0.1, -0.05) is 0 Å². The maximum atomic E-state index is 11.7. The molecule has 0 spiro atoms. The van der Waals surface area contributed by atoms with Crippen LogP contribution in [-0.4, -0.2) is 32.4 Å². The second-order valence-corrected chi connectivity index (χ2v) is 6.46. The Morgan fingerprint density at radius 1 is 1.47 bits per heavy atom. The lowest BCUT2D eigenvalue weighted by Crippen LogP contribution is -2.17. The Balaban J connectivity index is 2.67. The van der Waals surface area contributed by atoms with Gasteiger partial charge in [-0.2, -0.15) is 0 Å². The molecule has 0 radical (unpaired) electrons. The van der Waals surface area contributed by atoms with Gasteiger partial charge in [0.2, 0.25) is 10.0 Å². The fourth-order valence-corrected chi connectivity index (χ4v) is 3.03. The monoisotopic (exact) mass is 351 g/mol. The lowest BCUT2D eigenvalue weighted by molar-refractivity contribution is -0.137. The van der Waals surface area contributed by atoms with E-state index in [0.29, 0.717) is 15.9 Å². The molecule has 1 aromatic carbocycles. The number of anilines is 1. The molecular formula is C11H14BrNO5S. The Labute approximate surface area is 120 Å². The van der Waals surface area contributed by atoms with Crippen molar-refractivity contribution in [2.75, 3.05) is 17.6 Å². The van der Waals surface area contributed by atoms with E-state index in [1.54, 1.807) is 18.2 Å². The molecule has 0 aliphatic rings. The Bertz CT molecular complexity index is 558. The van der Waals surface area contributed by atoms with Gasteiger partial charge >= 0.3 is 5.97 Å². The number of hydrogen-bond acceptors (Lipinski definition) is 4. The van der Waals surface area contributed by atoms with Crippen molar-refractivity contribution in [2.45, 2.75) is 12.8 Å². The van der Waals surface area contributed by atoms with Gasteiger partial charge in [0.25, 0.3) is 0 Å². The van der Waals surface area contributed by atoms with Crippen LogP contribution in [0.1, 0.15) is 12.8 Å². The molecule has 0 aliphatic heterocycles. The number of hydrogen-bond donors (Lipinski definition) is 2. The highest BCUT2D eigenvalue weighted by atomic mass is 79.9. The third-order valence-corrected chi connectivity index (χ3v) is 4.22. The number of sulfonamides is 1. The van der Waals surface area contributed by atoms with Crippen LogP contribution in [0.4, 0.5) is 5.69 Å². The molecule has 1 aromatic rings. The second-order valence-electron chi connectivity index (χ2n) is 3.77. The molecule has 0 saturated carbocycles. The van der Waals surface area contributed by atoms with E-state index in [9.17, 15) is 13.2 Å². The first-order valence-electron chi connectivity index (χ1n) is 5.40. The fraction of sp³-hybridized carbons (Fsp3) is 0.364. The van der Waals surface area contributed by atoms with Crippen LogP contribution < -0.4 is 9.46 Å². The van der Waals surface area contributed by atoms with Crippen LogP contribution in [0, 0.1) is 0 Å². The van der Waals surface area contributed by atoms with Gasteiger partial charge in [-0.15, -0.1) is 0 Å². The standard InChI is InChI=1S/C11H14BrNO5S/c1-18-10-5-4-8(7-9(10)12)13-19(16,17)6-2-3-11(14)15/h4-5,7,13H,2-3,6H2,1H3,(H,14,15). The van der Waals surface area contributed by atoms with Crippen LogP contribution in [0.25, 0.3) is 0 Å². The number of rotatable bonds is 7. The average Bonchev–Trinajstić information content (AvgIpc) is 2.27. The van der Waals surface area contributed by atoms with E-state index in [1.165, 1.54) is 7.11 Å². The van der Waals surface area contributed by atoms with E-state index in [-0.39, 0.29) is 18.6 Å². The zero-order chi connectivity index (χ0) is 14.5. The van der Waals surface area contributed by atoms with Crippen molar-refractivity contribution >= 4 is 37.6 Å². The predicted octanol–water partition coefficient (Wildman–Crippen LogP) is 2.06. The number of ether oxygens (including phenoxy) is 1. The quantitative estimate of drug-likeness (QED) is 0.784. The molecule has 0 unspecified atom stereocenters. The molecule has 0 atom stereocenters. The lowest BCUT2D eigenvalue weighted by Gasteiger charge is -2.09. The Morgan fingerprint density at radius 2 is 2.16 bits per heavy atom. The van der Waals surface area contributed by atoms with Crippen LogP contribution in [-0.2, 0) is 14.8 Å². The third-order valence-electron chi connectivity index (χ3n) is 2.23. The van der Waals surface area contributed by atoms with Crippen LogP contribution in [0.3, 0.4) is 0 Å². The summed E-state index contributed by atoms with van der Waals surface area (Å²) in [6.45, 7) is 0. The molecule has 0 fully saturated rings. The highest BCUT2D eigenvalue weighted by Crippen LogP contribution is 2.28. The summed E-state index contributed by atoms with van der Waals surface area (Å²) in [4.78, 5) is 10.3. The first-order valence-corrected chi connectivity index (χ1v) is 7.84. The number of halogens is 1. The molecule has 0 aliphatic carbocycles. The molecule has 0 amide bonds. The highest BCUT2D eigenvalue weighted by Gasteiger charge is 2.12. The van der Waals surface area contributed by atoms with Gasteiger partial charge in [-0.05, 0) is 40.5 Å². The van der Waals surface area contributed by atoms with Crippen molar-refractivity contribution < 1.29 is 23.1 Å². The van der Waals surface area contributed by atoms with Gasteiger partial charge in [-0.25, -0.2) is 8.42 Å². The topological polar surface area (TPSA) is 92.7 Å². The van der Waals surface area contributed by atoms with E-state index >= 15 is 0 Å². The Hall–Kier alpha value is -1.28. The molecule has 2 N–H and O–H groups in total. The molecule has 0 saturated heterocycles. The number of carboxylic acid groups (broad SMARTS) is 1. The second kappa shape index (κ2) is 6.76. The van der Waals surface area contributed by atoms with E-state index in [1.807, 2.05) is 0 Å². The van der Waals surface area contributed by atoms with Crippen molar-refractivity contribution in [3.8, 4) is 5.75 Å². The number of carboxylic acids is 1. The zero-order valence-corrected chi connectivity index (χ0v) is 12.6. The smallest absolute Gasteiger partial charge is 0.303 e. The lowest BCUT2D eigenvalue weighted by atomic mass is 10.3. The molecule has 19 heavy (non-hydrogen) atoms. The molecular weight excluding hydrogens is 338 g/mol. The van der Waals surface area contributed by atoms with E-state index in [0.717, 1.165) is 0 Å². The minimum Gasteiger partial charge on any atom is -0.496 e. The first kappa shape index (κ1) is 15.8. The summed E-state index contributed by atoms with van der Waals surface area (Å²) < 4.78 is 31.4. The summed E-state index contributed by atoms with van der Waals surface area (Å²) in [5.41, 5.74) is 0.392. The molecule has 0 heterocycles. The van der Waals surface area contributed by atoms with Gasteiger partial charge < -0.3 is 9.84 Å². The Morgan fingerprint density at radius 3 is 2.68 bits per heavy atom. The molecule has 1 rings (SSSR count). The normalized spacial score (nSPS) is 11.1. The van der Waals surface area contributed by atoms with E-state index in [4.69, 9.17) is 9.84 Å². The SMILES string of the molecule is COc1ccc(NS(=O)(=O)CCCC(=O)O)cc1Br. The maximum Gasteiger partial charge on any atom is 0.303 e. The summed E-state index contributed by atoms with van der Waals surface area (Å²) in [6, 6.07) is 4.77. The minimum absolute atomic E-state index is 0.0714. The average molecular weight is 352 g/mol. The van der Waals surface area contributed by atoms with Crippen molar-refractivity contribution in [1.82, 2.24) is 0 Å². The van der Waals surface area contributed by atoms with Crippen LogP contribution in [0.2, 0.25) is 0 Å². The van der Waals surface area contributed by atoms with E-state index < -0.39 is 16.0 Å². The molecule has 0 aromatic heterocycles. The fourth-order valence-electron chi connectivity index (χ4n) is 1.37. The molecule has 8 heteroatoms. The summed E-state index contributed by atoms with van der Waals surface area (Å²) >= 11 is 3.25. The molecule has 0 bridgehead atoms. The largest absolute Gasteiger partial charge is 0.496 e. The van der Waals surface area contributed by atoms with Gasteiger partial charge in [0.1, 0.15) is 5.75 Å². The first-order chi connectivity index (χ1) is 8.84. The van der Waals surface area contributed by atoms with Gasteiger partial charge in [0, 0.05) is 12.1 Å². The number of aliphatic carboxylic acids is 1. The van der Waals surface area contributed by atoms with Crippen molar-refractivity contribution in [3.05, 3.63) is 22.7 Å². The predicted molar refractivity (Wildman–Crippen MR) is 75.0 cm³/mol. The number of methoxy groups -OCH3 is 1. The maximum absolute atomic E-state index is 11.7. The third kappa shape index (κ3) is 5.48. The summed E-state index contributed by atoms with van der Waals surface area (Å²) in [5, 5.41) is 8.46. The zero-order valence-electron chi connectivity index (χ0n) is 10.2. The van der Waals surface area contributed by atoms with Crippen LogP contribution in [0.15, 0.2) is 22.7 Å². The number of carbonyl (C=O) groups is 1.